The summed E-state index contributed by atoms with van der Waals surface area (Å²) in [4.78, 5) is 0.617. The highest BCUT2D eigenvalue weighted by Gasteiger charge is 2.51. The van der Waals surface area contributed by atoms with Gasteiger partial charge in [0.25, 0.3) is 0 Å². The lowest BCUT2D eigenvalue weighted by atomic mass is 9.83. The van der Waals surface area contributed by atoms with E-state index in [0.29, 0.717) is 48.1 Å². The zero-order valence-electron chi connectivity index (χ0n) is 19.8. The zero-order valence-corrected chi connectivity index (χ0v) is 21.4. The molecule has 0 bridgehead atoms. The molecule has 180 valence electrons. The molecule has 0 saturated carbocycles. The molecule has 4 rings (SSSR count). The van der Waals surface area contributed by atoms with Crippen molar-refractivity contribution in [2.24, 2.45) is 11.8 Å². The molecule has 2 aliphatic heterocycles. The van der Waals surface area contributed by atoms with Gasteiger partial charge in [-0.2, -0.15) is 8.61 Å². The van der Waals surface area contributed by atoms with Crippen molar-refractivity contribution in [1.29, 1.82) is 0 Å². The Bertz CT molecular complexity index is 1190. The Morgan fingerprint density at radius 3 is 1.70 bits per heavy atom. The predicted octanol–water partition coefficient (Wildman–Crippen LogP) is 4.19. The first-order chi connectivity index (χ1) is 15.5. The number of sulfonamides is 2. The van der Waals surface area contributed by atoms with Crippen LogP contribution in [0.15, 0.2) is 58.3 Å². The van der Waals surface area contributed by atoms with E-state index in [4.69, 9.17) is 0 Å². The summed E-state index contributed by atoms with van der Waals surface area (Å²) in [6.45, 7) is 8.81. The molecule has 2 aromatic rings. The van der Waals surface area contributed by atoms with Gasteiger partial charge in [-0.3, -0.25) is 0 Å². The highest BCUT2D eigenvalue weighted by atomic mass is 32.2. The van der Waals surface area contributed by atoms with Gasteiger partial charge in [0.2, 0.25) is 20.0 Å². The average molecular weight is 491 g/mol. The van der Waals surface area contributed by atoms with E-state index in [1.165, 1.54) is 0 Å². The third-order valence-corrected chi connectivity index (χ3v) is 10.9. The minimum atomic E-state index is -3.66. The number of benzene rings is 2. The molecule has 0 aromatic heterocycles. The fourth-order valence-corrected chi connectivity index (χ4v) is 8.77. The van der Waals surface area contributed by atoms with Gasteiger partial charge in [-0.25, -0.2) is 16.8 Å². The number of hydrogen-bond acceptors (Lipinski definition) is 4. The van der Waals surface area contributed by atoms with Crippen LogP contribution in [0.3, 0.4) is 0 Å². The highest BCUT2D eigenvalue weighted by Crippen LogP contribution is 2.42. The van der Waals surface area contributed by atoms with Gasteiger partial charge >= 0.3 is 0 Å². The molecule has 33 heavy (non-hydrogen) atoms. The topological polar surface area (TPSA) is 74.8 Å². The van der Waals surface area contributed by atoms with Gasteiger partial charge < -0.3 is 0 Å². The van der Waals surface area contributed by atoms with E-state index in [1.807, 2.05) is 38.1 Å². The van der Waals surface area contributed by atoms with Crippen molar-refractivity contribution in [3.63, 3.8) is 0 Å². The second-order valence-electron chi connectivity index (χ2n) is 9.86. The molecule has 6 nitrogen and oxygen atoms in total. The Hall–Kier alpha value is -1.74. The number of fused-ring (bicyclic) bond motifs is 1. The Kier molecular flexibility index (Phi) is 6.75. The second-order valence-corrected chi connectivity index (χ2v) is 13.6. The molecule has 0 radical (unpaired) electrons. The first-order valence-corrected chi connectivity index (χ1v) is 14.6. The molecule has 0 spiro atoms. The summed E-state index contributed by atoms with van der Waals surface area (Å²) < 4.78 is 57.4. The van der Waals surface area contributed by atoms with Gasteiger partial charge in [0.05, 0.1) is 9.79 Å². The van der Waals surface area contributed by atoms with Crippen molar-refractivity contribution in [1.82, 2.24) is 8.61 Å². The lowest BCUT2D eigenvalue weighted by Gasteiger charge is -2.44. The molecular formula is C25H34N2O4S2. The number of aryl methyl sites for hydroxylation is 2. The molecule has 0 N–H and O–H groups in total. The van der Waals surface area contributed by atoms with Crippen molar-refractivity contribution in [2.75, 3.05) is 13.1 Å². The van der Waals surface area contributed by atoms with E-state index in [2.05, 4.69) is 13.8 Å². The summed E-state index contributed by atoms with van der Waals surface area (Å²) in [5.74, 6) is 0.286. The van der Waals surface area contributed by atoms with Gasteiger partial charge in [-0.05, 0) is 69.2 Å². The van der Waals surface area contributed by atoms with E-state index in [9.17, 15) is 16.8 Å². The lowest BCUT2D eigenvalue weighted by molar-refractivity contribution is 0.122. The Labute approximate surface area is 198 Å². The molecule has 8 heteroatoms. The van der Waals surface area contributed by atoms with Crippen LogP contribution in [0.25, 0.3) is 0 Å². The third kappa shape index (κ3) is 4.63. The van der Waals surface area contributed by atoms with Crippen molar-refractivity contribution < 1.29 is 16.8 Å². The van der Waals surface area contributed by atoms with Gasteiger partial charge in [0.1, 0.15) is 0 Å². The Balaban J connectivity index is 1.65. The highest BCUT2D eigenvalue weighted by molar-refractivity contribution is 7.89. The molecule has 3 atom stereocenters. The van der Waals surface area contributed by atoms with Gasteiger partial charge in [-0.15, -0.1) is 0 Å². The van der Waals surface area contributed by atoms with Crippen LogP contribution < -0.4 is 0 Å². The summed E-state index contributed by atoms with van der Waals surface area (Å²) in [6, 6.07) is 13.6. The van der Waals surface area contributed by atoms with Gasteiger partial charge in [0.15, 0.2) is 0 Å². The number of nitrogens with zero attached hydrogens (tertiary/aromatic N) is 2. The normalized spacial score (nSPS) is 24.8. The van der Waals surface area contributed by atoms with Gasteiger partial charge in [-0.1, -0.05) is 49.2 Å². The van der Waals surface area contributed by atoms with Crippen molar-refractivity contribution >= 4 is 20.0 Å². The molecule has 2 fully saturated rings. The molecule has 2 heterocycles. The Morgan fingerprint density at radius 1 is 0.758 bits per heavy atom. The van der Waals surface area contributed by atoms with E-state index in [1.54, 1.807) is 32.9 Å². The number of piperidine rings is 1. The molecular weight excluding hydrogens is 456 g/mol. The van der Waals surface area contributed by atoms with Crippen LogP contribution in [0.5, 0.6) is 0 Å². The van der Waals surface area contributed by atoms with Crippen molar-refractivity contribution in [3.8, 4) is 0 Å². The Morgan fingerprint density at radius 2 is 1.21 bits per heavy atom. The summed E-state index contributed by atoms with van der Waals surface area (Å²) >= 11 is 0. The quantitative estimate of drug-likeness (QED) is 0.608. The SMILES string of the molecule is Cc1ccc(S(=O)(=O)N2CC[C@H]3[C@@H](CCN3S(=O)(=O)c3ccc(C)cc3)[C@H]2CC(C)C)cc1. The molecule has 2 aromatic carbocycles. The second kappa shape index (κ2) is 9.13. The lowest BCUT2D eigenvalue weighted by Crippen LogP contribution is -2.55. The molecule has 0 aliphatic carbocycles. The maximum absolute atomic E-state index is 13.6. The predicted molar refractivity (Wildman–Crippen MR) is 130 cm³/mol. The third-order valence-electron chi connectivity index (χ3n) is 7.02. The van der Waals surface area contributed by atoms with Crippen LogP contribution >= 0.6 is 0 Å². The maximum Gasteiger partial charge on any atom is 0.243 e. The average Bonchev–Trinajstić information content (AvgIpc) is 3.20. The number of rotatable bonds is 6. The summed E-state index contributed by atoms with van der Waals surface area (Å²) in [5, 5.41) is 0. The van der Waals surface area contributed by atoms with Crippen LogP contribution in [-0.2, 0) is 20.0 Å². The van der Waals surface area contributed by atoms with Crippen LogP contribution in [0.4, 0.5) is 0 Å². The van der Waals surface area contributed by atoms with Crippen molar-refractivity contribution in [3.05, 3.63) is 59.7 Å². The first kappa shape index (κ1) is 24.4. The summed E-state index contributed by atoms with van der Waals surface area (Å²) in [6.07, 6.45) is 1.90. The van der Waals surface area contributed by atoms with E-state index in [0.717, 1.165) is 11.1 Å². The maximum atomic E-state index is 13.6. The molecule has 0 unspecified atom stereocenters. The molecule has 2 aliphatic rings. The van der Waals surface area contributed by atoms with E-state index >= 15 is 0 Å². The zero-order chi connectivity index (χ0) is 24.0. The van der Waals surface area contributed by atoms with E-state index in [-0.39, 0.29) is 18.0 Å². The minimum absolute atomic E-state index is 0.0124. The molecule has 0 amide bonds. The number of hydrogen-bond donors (Lipinski definition) is 0. The van der Waals surface area contributed by atoms with Gasteiger partial charge in [0, 0.05) is 25.2 Å². The minimum Gasteiger partial charge on any atom is -0.207 e. The fraction of sp³-hybridized carbons (Fsp3) is 0.520. The first-order valence-electron chi connectivity index (χ1n) is 11.7. The van der Waals surface area contributed by atoms with Crippen LogP contribution in [-0.4, -0.2) is 50.6 Å². The largest absolute Gasteiger partial charge is 0.243 e. The summed E-state index contributed by atoms with van der Waals surface area (Å²) in [7, 11) is -7.28. The van der Waals surface area contributed by atoms with Crippen LogP contribution in [0, 0.1) is 25.7 Å². The summed E-state index contributed by atoms with van der Waals surface area (Å²) in [5.41, 5.74) is 2.03. The smallest absolute Gasteiger partial charge is 0.207 e. The van der Waals surface area contributed by atoms with Crippen molar-refractivity contribution in [2.45, 2.75) is 68.8 Å². The van der Waals surface area contributed by atoms with Crippen LogP contribution in [0.1, 0.15) is 44.2 Å². The molecule has 2 saturated heterocycles. The fourth-order valence-electron chi connectivity index (χ4n) is 5.36. The standard InChI is InChI=1S/C25H34N2O4S2/c1-18(2)17-25-23-13-15-26(32(28,29)21-9-5-19(3)6-10-21)24(23)14-16-27(25)33(30,31)22-11-7-20(4)8-12-22/h5-12,18,23-25H,13-17H2,1-4H3/t23-,24+,25-/m1/s1. The van der Waals surface area contributed by atoms with Crippen LogP contribution in [0.2, 0.25) is 0 Å². The monoisotopic (exact) mass is 490 g/mol. The van der Waals surface area contributed by atoms with E-state index < -0.39 is 20.0 Å².